The van der Waals surface area contributed by atoms with Gasteiger partial charge < -0.3 is 5.32 Å². The topological polar surface area (TPSA) is 29.1 Å². The fraction of sp³-hybridized carbons (Fsp3) is 0.875. The number of carbonyl (C=O) groups is 1. The van der Waals surface area contributed by atoms with Crippen LogP contribution in [0.15, 0.2) is 0 Å². The van der Waals surface area contributed by atoms with Crippen LogP contribution in [0.5, 0.6) is 0 Å². The Balaban J connectivity index is 0. The van der Waals surface area contributed by atoms with Crippen molar-refractivity contribution in [3.63, 3.8) is 0 Å². The first-order chi connectivity index (χ1) is 4.68. The average molecular weight is 145 g/mol. The lowest BCUT2D eigenvalue weighted by Crippen LogP contribution is -2.26. The molecule has 1 amide bonds. The Labute approximate surface area is 64.0 Å². The van der Waals surface area contributed by atoms with Gasteiger partial charge in [0.05, 0.1) is 0 Å². The maximum absolute atomic E-state index is 10.6. The Morgan fingerprint density at radius 2 is 1.80 bits per heavy atom. The second-order valence-electron chi connectivity index (χ2n) is 2.05. The highest BCUT2D eigenvalue weighted by molar-refractivity contribution is 5.77. The van der Waals surface area contributed by atoms with E-state index in [0.717, 1.165) is 6.54 Å². The highest BCUT2D eigenvalue weighted by atomic mass is 16.1. The molecule has 0 heterocycles. The van der Waals surface area contributed by atoms with Crippen LogP contribution in [0, 0.1) is 5.92 Å². The van der Waals surface area contributed by atoms with Crippen LogP contribution in [0.3, 0.4) is 0 Å². The van der Waals surface area contributed by atoms with E-state index in [2.05, 4.69) is 5.32 Å². The van der Waals surface area contributed by atoms with Crippen molar-refractivity contribution in [2.24, 2.45) is 5.92 Å². The molecule has 10 heavy (non-hydrogen) atoms. The molecule has 0 aliphatic heterocycles. The molecule has 0 fully saturated rings. The number of amides is 1. The number of hydrogen-bond donors (Lipinski definition) is 1. The SMILES string of the molecule is CC.CCNC(=O)C(C)C. The van der Waals surface area contributed by atoms with Crippen molar-refractivity contribution in [1.29, 1.82) is 0 Å². The molecule has 0 rings (SSSR count). The minimum absolute atomic E-state index is 0.120. The fourth-order valence-electron chi connectivity index (χ4n) is 0.378. The second-order valence-corrected chi connectivity index (χ2v) is 2.05. The summed E-state index contributed by atoms with van der Waals surface area (Å²) in [5, 5.41) is 2.71. The van der Waals surface area contributed by atoms with Crippen LogP contribution in [-0.4, -0.2) is 12.5 Å². The summed E-state index contributed by atoms with van der Waals surface area (Å²) in [5.74, 6) is 0.252. The standard InChI is InChI=1S/C6H13NO.C2H6/c1-4-7-6(8)5(2)3;1-2/h5H,4H2,1-3H3,(H,7,8);1-2H3. The molecule has 62 valence electrons. The van der Waals surface area contributed by atoms with Gasteiger partial charge in [-0.15, -0.1) is 0 Å². The number of nitrogens with one attached hydrogen (secondary N) is 1. The zero-order valence-electron chi connectivity index (χ0n) is 7.69. The molecule has 0 aliphatic carbocycles. The first kappa shape index (κ1) is 12.2. The van der Waals surface area contributed by atoms with E-state index in [0.29, 0.717) is 0 Å². The van der Waals surface area contributed by atoms with Crippen molar-refractivity contribution >= 4 is 5.91 Å². The van der Waals surface area contributed by atoms with E-state index in [1.165, 1.54) is 0 Å². The third kappa shape index (κ3) is 7.47. The van der Waals surface area contributed by atoms with Crippen molar-refractivity contribution in [2.45, 2.75) is 34.6 Å². The number of rotatable bonds is 2. The van der Waals surface area contributed by atoms with Crippen LogP contribution in [0.1, 0.15) is 34.6 Å². The van der Waals surface area contributed by atoms with Gasteiger partial charge in [-0.1, -0.05) is 27.7 Å². The van der Waals surface area contributed by atoms with Crippen molar-refractivity contribution < 1.29 is 4.79 Å². The molecule has 0 saturated carbocycles. The summed E-state index contributed by atoms with van der Waals surface area (Å²) in [7, 11) is 0. The molecule has 0 aliphatic rings. The predicted molar refractivity (Wildman–Crippen MR) is 44.9 cm³/mol. The molecule has 0 atom stereocenters. The van der Waals surface area contributed by atoms with E-state index < -0.39 is 0 Å². The molecule has 2 heteroatoms. The Morgan fingerprint density at radius 3 is 1.90 bits per heavy atom. The summed E-state index contributed by atoms with van der Waals surface area (Å²) in [4.78, 5) is 10.6. The summed E-state index contributed by atoms with van der Waals surface area (Å²) in [6, 6.07) is 0. The zero-order valence-corrected chi connectivity index (χ0v) is 7.69. The Kier molecular flexibility index (Phi) is 10.3. The highest BCUT2D eigenvalue weighted by Gasteiger charge is 2.02. The molecule has 0 radical (unpaired) electrons. The molecule has 1 N–H and O–H groups in total. The fourth-order valence-corrected chi connectivity index (χ4v) is 0.378. The molecule has 0 bridgehead atoms. The third-order valence-electron chi connectivity index (χ3n) is 0.875. The van der Waals surface area contributed by atoms with E-state index in [9.17, 15) is 4.79 Å². The minimum atomic E-state index is 0.120. The maximum Gasteiger partial charge on any atom is 0.222 e. The van der Waals surface area contributed by atoms with Crippen molar-refractivity contribution in [3.8, 4) is 0 Å². The van der Waals surface area contributed by atoms with Crippen LogP contribution in [0.25, 0.3) is 0 Å². The van der Waals surface area contributed by atoms with Crippen LogP contribution in [-0.2, 0) is 4.79 Å². The summed E-state index contributed by atoms with van der Waals surface area (Å²) in [6.07, 6.45) is 0. The Morgan fingerprint density at radius 1 is 1.40 bits per heavy atom. The van der Waals surface area contributed by atoms with Crippen LogP contribution in [0.4, 0.5) is 0 Å². The van der Waals surface area contributed by atoms with Gasteiger partial charge >= 0.3 is 0 Å². The molecule has 0 aromatic rings. The highest BCUT2D eigenvalue weighted by Crippen LogP contribution is 1.88. The monoisotopic (exact) mass is 145 g/mol. The maximum atomic E-state index is 10.6. The summed E-state index contributed by atoms with van der Waals surface area (Å²) in [6.45, 7) is 10.4. The first-order valence-corrected chi connectivity index (χ1v) is 3.96. The van der Waals surface area contributed by atoms with E-state index in [4.69, 9.17) is 0 Å². The first-order valence-electron chi connectivity index (χ1n) is 3.96. The van der Waals surface area contributed by atoms with E-state index >= 15 is 0 Å². The van der Waals surface area contributed by atoms with E-state index in [1.54, 1.807) is 0 Å². The second kappa shape index (κ2) is 8.47. The van der Waals surface area contributed by atoms with Gasteiger partial charge in [-0.2, -0.15) is 0 Å². The number of hydrogen-bond acceptors (Lipinski definition) is 1. The van der Waals surface area contributed by atoms with Gasteiger partial charge in [0, 0.05) is 12.5 Å². The molecule has 0 saturated heterocycles. The Bertz CT molecular complexity index is 79.3. The van der Waals surface area contributed by atoms with Crippen molar-refractivity contribution in [2.75, 3.05) is 6.54 Å². The van der Waals surface area contributed by atoms with Crippen LogP contribution < -0.4 is 5.32 Å². The quantitative estimate of drug-likeness (QED) is 0.630. The number of carbonyl (C=O) groups excluding carboxylic acids is 1. The normalized spacial score (nSPS) is 8.20. The summed E-state index contributed by atoms with van der Waals surface area (Å²) in [5.41, 5.74) is 0. The lowest BCUT2D eigenvalue weighted by Gasteiger charge is -2.02. The molecular weight excluding hydrogens is 126 g/mol. The Hall–Kier alpha value is -0.530. The van der Waals surface area contributed by atoms with Gasteiger partial charge in [0.1, 0.15) is 0 Å². The van der Waals surface area contributed by atoms with Crippen molar-refractivity contribution in [1.82, 2.24) is 5.32 Å². The van der Waals surface area contributed by atoms with Gasteiger partial charge in [0.15, 0.2) is 0 Å². The lowest BCUT2D eigenvalue weighted by atomic mass is 10.2. The van der Waals surface area contributed by atoms with Gasteiger partial charge in [-0.05, 0) is 6.92 Å². The molecule has 0 unspecified atom stereocenters. The lowest BCUT2D eigenvalue weighted by molar-refractivity contribution is -0.123. The third-order valence-corrected chi connectivity index (χ3v) is 0.875. The minimum Gasteiger partial charge on any atom is -0.356 e. The predicted octanol–water partition coefficient (Wildman–Crippen LogP) is 1.80. The van der Waals surface area contributed by atoms with Gasteiger partial charge in [0.25, 0.3) is 0 Å². The molecule has 0 spiro atoms. The summed E-state index contributed by atoms with van der Waals surface area (Å²) >= 11 is 0. The molecule has 0 aromatic heterocycles. The van der Waals surface area contributed by atoms with Crippen LogP contribution in [0.2, 0.25) is 0 Å². The summed E-state index contributed by atoms with van der Waals surface area (Å²) < 4.78 is 0. The largest absolute Gasteiger partial charge is 0.356 e. The van der Waals surface area contributed by atoms with E-state index in [1.807, 2.05) is 34.6 Å². The van der Waals surface area contributed by atoms with Gasteiger partial charge in [-0.25, -0.2) is 0 Å². The van der Waals surface area contributed by atoms with Crippen LogP contribution >= 0.6 is 0 Å². The molecular formula is C8H19NO. The van der Waals surface area contributed by atoms with Gasteiger partial charge in [-0.3, -0.25) is 4.79 Å². The molecule has 0 aromatic carbocycles. The van der Waals surface area contributed by atoms with Gasteiger partial charge in [0.2, 0.25) is 5.91 Å². The van der Waals surface area contributed by atoms with E-state index in [-0.39, 0.29) is 11.8 Å². The molecule has 2 nitrogen and oxygen atoms in total. The zero-order chi connectivity index (χ0) is 8.57. The van der Waals surface area contributed by atoms with Crippen molar-refractivity contribution in [3.05, 3.63) is 0 Å². The smallest absolute Gasteiger partial charge is 0.222 e. The average Bonchev–Trinajstić information content (AvgIpc) is 1.93.